The summed E-state index contributed by atoms with van der Waals surface area (Å²) in [7, 11) is 1.73. The number of carbonyl (C=O) groups is 2. The number of hydrogen-bond donors (Lipinski definition) is 2. The number of aromatic nitrogens is 3. The van der Waals surface area contributed by atoms with E-state index in [9.17, 15) is 9.59 Å². The predicted molar refractivity (Wildman–Crippen MR) is 186 cm³/mol. The zero-order valence-corrected chi connectivity index (χ0v) is 28.5. The molecule has 0 radical (unpaired) electrons. The van der Waals surface area contributed by atoms with Gasteiger partial charge in [0.1, 0.15) is 11.6 Å². The quantitative estimate of drug-likeness (QED) is 0.244. The number of hydrogen-bond acceptors (Lipinski definition) is 5. The normalized spacial score (nSPS) is 18.5. The molecule has 0 atom stereocenters. The number of carbonyl (C=O) groups excluding carboxylic acids is 1. The molecule has 0 bridgehead atoms. The molecule has 3 aromatic rings. The second-order valence-electron chi connectivity index (χ2n) is 13.5. The van der Waals surface area contributed by atoms with E-state index in [1.807, 2.05) is 28.0 Å². The Morgan fingerprint density at radius 3 is 2.30 bits per heavy atom. The van der Waals surface area contributed by atoms with Gasteiger partial charge in [0, 0.05) is 43.9 Å². The first-order chi connectivity index (χ1) is 22.0. The second-order valence-corrected chi connectivity index (χ2v) is 13.5. The molecule has 9 heteroatoms. The van der Waals surface area contributed by atoms with Crippen molar-refractivity contribution < 1.29 is 20.9 Å². The summed E-state index contributed by atoms with van der Waals surface area (Å²) >= 11 is 0. The number of anilines is 1. The van der Waals surface area contributed by atoms with Gasteiger partial charge in [-0.2, -0.15) is 5.10 Å². The van der Waals surface area contributed by atoms with Crippen LogP contribution in [0.1, 0.15) is 110 Å². The molecule has 2 aliphatic carbocycles. The number of amides is 2. The Morgan fingerprint density at radius 1 is 1.02 bits per heavy atom. The van der Waals surface area contributed by atoms with E-state index in [4.69, 9.17) is 14.8 Å². The van der Waals surface area contributed by atoms with Gasteiger partial charge in [-0.15, -0.1) is 0 Å². The van der Waals surface area contributed by atoms with Crippen LogP contribution < -0.4 is 15.0 Å². The smallest absolute Gasteiger partial charge is 0.404 e. The minimum Gasteiger partial charge on any atom is -0.496 e. The third kappa shape index (κ3) is 9.56. The molecule has 9 nitrogen and oxygen atoms in total. The number of aryl methyl sites for hydroxylation is 1. The zero-order chi connectivity index (χ0) is 33.2. The maximum Gasteiger partial charge on any atom is 0.404 e. The van der Waals surface area contributed by atoms with Crippen LogP contribution in [0, 0.1) is 18.8 Å². The summed E-state index contributed by atoms with van der Waals surface area (Å²) in [6, 6.07) is 11.1. The van der Waals surface area contributed by atoms with E-state index in [2.05, 4.69) is 61.6 Å². The Labute approximate surface area is 276 Å². The van der Waals surface area contributed by atoms with Crippen molar-refractivity contribution in [1.29, 1.82) is 0 Å². The first-order valence-electron chi connectivity index (χ1n) is 17.0. The Hall–Kier alpha value is -3.88. The van der Waals surface area contributed by atoms with Gasteiger partial charge in [0.15, 0.2) is 0 Å². The third-order valence-corrected chi connectivity index (χ3v) is 9.30. The van der Waals surface area contributed by atoms with Gasteiger partial charge in [-0.1, -0.05) is 31.4 Å². The van der Waals surface area contributed by atoms with Crippen molar-refractivity contribution in [2.75, 3.05) is 18.6 Å². The number of pyridine rings is 1. The van der Waals surface area contributed by atoms with Crippen LogP contribution in [0.25, 0.3) is 11.1 Å². The van der Waals surface area contributed by atoms with Gasteiger partial charge in [-0.3, -0.25) is 14.4 Å². The molecule has 0 spiro atoms. The first kappa shape index (κ1) is 35.0. The largest absolute Gasteiger partial charge is 0.496 e. The molecule has 5 rings (SSSR count). The Kier molecular flexibility index (Phi) is 12.6. The van der Waals surface area contributed by atoms with Gasteiger partial charge >= 0.3 is 6.09 Å². The van der Waals surface area contributed by atoms with Crippen molar-refractivity contribution in [2.24, 2.45) is 11.8 Å². The highest BCUT2D eigenvalue weighted by atomic mass is 16.5. The summed E-state index contributed by atoms with van der Waals surface area (Å²) in [6.07, 6.45) is 15.0. The van der Waals surface area contributed by atoms with Gasteiger partial charge in [0.2, 0.25) is 5.91 Å². The first-order valence-corrected chi connectivity index (χ1v) is 17.0. The van der Waals surface area contributed by atoms with Crippen molar-refractivity contribution in [3.8, 4) is 16.9 Å². The molecular weight excluding hydrogens is 578 g/mol. The molecule has 0 saturated heterocycles. The number of carboxylic acid groups (broad SMARTS) is 1. The van der Waals surface area contributed by atoms with Gasteiger partial charge in [0.25, 0.3) is 0 Å². The standard InChI is InChI=1S/C33H44N4O2.C4H9NO2.H2/c1-23(2)37-22-30(20-35-37)29-16-17-34-32(19-29)36(33(38)27-8-6-5-7-9-27)21-25-10-12-26(13-11-25)28-14-15-31(39-4)24(3)18-28;1-3(2)5-4(6)7;/h14-20,22-23,25-27H,5-13,21H2,1-4H3;3,5H,1-2H3,(H,6,7);1H. The summed E-state index contributed by atoms with van der Waals surface area (Å²) in [6.45, 7) is 10.7. The van der Waals surface area contributed by atoms with Gasteiger partial charge in [0.05, 0.1) is 13.3 Å². The lowest BCUT2D eigenvalue weighted by Gasteiger charge is -2.35. The lowest BCUT2D eigenvalue weighted by atomic mass is 9.78. The van der Waals surface area contributed by atoms with Gasteiger partial charge in [-0.05, 0) is 120 Å². The lowest BCUT2D eigenvalue weighted by molar-refractivity contribution is -0.123. The van der Waals surface area contributed by atoms with E-state index >= 15 is 0 Å². The van der Waals surface area contributed by atoms with Crippen LogP contribution in [0.2, 0.25) is 0 Å². The molecule has 2 heterocycles. The van der Waals surface area contributed by atoms with Crippen LogP contribution in [0.3, 0.4) is 0 Å². The van der Waals surface area contributed by atoms with Crippen molar-refractivity contribution in [3.05, 3.63) is 60.0 Å². The summed E-state index contributed by atoms with van der Waals surface area (Å²) in [5.41, 5.74) is 4.74. The number of nitrogens with zero attached hydrogens (tertiary/aromatic N) is 4. The monoisotopic (exact) mass is 633 g/mol. The molecule has 2 aliphatic rings. The van der Waals surface area contributed by atoms with Crippen LogP contribution >= 0.6 is 0 Å². The summed E-state index contributed by atoms with van der Waals surface area (Å²) < 4.78 is 7.44. The number of methoxy groups -OCH3 is 1. The average molecular weight is 634 g/mol. The highest BCUT2D eigenvalue weighted by molar-refractivity contribution is 5.94. The Balaban J connectivity index is 0.000000677. The Morgan fingerprint density at radius 2 is 1.74 bits per heavy atom. The summed E-state index contributed by atoms with van der Waals surface area (Å²) in [5.74, 6) is 3.19. The molecule has 2 saturated carbocycles. The fourth-order valence-corrected chi connectivity index (χ4v) is 6.72. The average Bonchev–Trinajstić information content (AvgIpc) is 3.55. The van der Waals surface area contributed by atoms with Crippen LogP contribution in [-0.2, 0) is 4.79 Å². The van der Waals surface area contributed by atoms with Crippen molar-refractivity contribution >= 4 is 17.8 Å². The van der Waals surface area contributed by atoms with E-state index in [0.717, 1.165) is 80.6 Å². The fourth-order valence-electron chi connectivity index (χ4n) is 6.72. The third-order valence-electron chi connectivity index (χ3n) is 9.30. The number of benzene rings is 1. The van der Waals surface area contributed by atoms with Gasteiger partial charge < -0.3 is 15.2 Å². The molecule has 2 aromatic heterocycles. The molecule has 46 heavy (non-hydrogen) atoms. The SMILES string of the molecule is CC(C)NC(=O)O.COc1ccc(C2CCC(CN(C(=O)C3CCCCC3)c3cc(-c4cnn(C(C)C)c4)ccn3)CC2)cc1C.[HH]. The maximum absolute atomic E-state index is 14.0. The summed E-state index contributed by atoms with van der Waals surface area (Å²) in [4.78, 5) is 30.4. The van der Waals surface area contributed by atoms with E-state index in [0.29, 0.717) is 17.9 Å². The highest BCUT2D eigenvalue weighted by Gasteiger charge is 2.31. The van der Waals surface area contributed by atoms with E-state index in [1.165, 1.54) is 17.5 Å². The molecule has 2 fully saturated rings. The topological polar surface area (TPSA) is 110 Å². The molecule has 252 valence electrons. The summed E-state index contributed by atoms with van der Waals surface area (Å²) in [5, 5.41) is 14.7. The number of ether oxygens (including phenoxy) is 1. The number of rotatable bonds is 9. The number of nitrogens with one attached hydrogen (secondary N) is 1. The molecule has 0 unspecified atom stereocenters. The minimum absolute atomic E-state index is 0. The van der Waals surface area contributed by atoms with Crippen molar-refractivity contribution in [2.45, 2.75) is 110 Å². The van der Waals surface area contributed by atoms with E-state index in [-0.39, 0.29) is 19.3 Å². The molecule has 0 aliphatic heterocycles. The van der Waals surface area contributed by atoms with Gasteiger partial charge in [-0.25, -0.2) is 9.78 Å². The van der Waals surface area contributed by atoms with E-state index in [1.54, 1.807) is 21.0 Å². The van der Waals surface area contributed by atoms with Crippen LogP contribution in [0.4, 0.5) is 10.6 Å². The van der Waals surface area contributed by atoms with Crippen molar-refractivity contribution in [3.63, 3.8) is 0 Å². The van der Waals surface area contributed by atoms with Crippen LogP contribution in [0.15, 0.2) is 48.9 Å². The Bertz CT molecular complexity index is 1430. The van der Waals surface area contributed by atoms with Crippen LogP contribution in [0.5, 0.6) is 5.75 Å². The maximum atomic E-state index is 14.0. The zero-order valence-electron chi connectivity index (χ0n) is 28.5. The molecular formula is C37H55N5O4. The minimum atomic E-state index is -0.963. The molecule has 1 aromatic carbocycles. The predicted octanol–water partition coefficient (Wildman–Crippen LogP) is 8.64. The van der Waals surface area contributed by atoms with Crippen molar-refractivity contribution in [1.82, 2.24) is 20.1 Å². The highest BCUT2D eigenvalue weighted by Crippen LogP contribution is 2.38. The molecule has 2 N–H and O–H groups in total. The second kappa shape index (κ2) is 16.6. The fraction of sp³-hybridized carbons (Fsp3) is 0.568. The van der Waals surface area contributed by atoms with E-state index < -0.39 is 6.09 Å². The molecule has 2 amide bonds. The van der Waals surface area contributed by atoms with Crippen LogP contribution in [-0.4, -0.2) is 51.6 Å². The lowest BCUT2D eigenvalue weighted by Crippen LogP contribution is -2.41.